The molecule has 0 saturated carbocycles. The van der Waals surface area contributed by atoms with Gasteiger partial charge < -0.3 is 10.0 Å². The molecule has 0 spiro atoms. The normalized spacial score (nSPS) is 19.7. The van der Waals surface area contributed by atoms with Crippen molar-refractivity contribution >= 4 is 5.57 Å². The lowest BCUT2D eigenvalue weighted by molar-refractivity contribution is 0.129. The van der Waals surface area contributed by atoms with Crippen molar-refractivity contribution in [3.8, 4) is 0 Å². The number of rotatable bonds is 3. The molecule has 4 heterocycles. The minimum Gasteiger partial charge on any atom is -0.385 e. The number of pyridine rings is 1. The summed E-state index contributed by atoms with van der Waals surface area (Å²) in [6.07, 6.45) is 7.63. The molecule has 1 aromatic carbocycles. The summed E-state index contributed by atoms with van der Waals surface area (Å²) in [6.45, 7) is 7.57. The molecular weight excluding hydrogens is 460 g/mol. The quantitative estimate of drug-likeness (QED) is 0.585. The van der Waals surface area contributed by atoms with Gasteiger partial charge in [-0.2, -0.15) is 0 Å². The zero-order valence-electron chi connectivity index (χ0n) is 22.0. The number of aliphatic hydroxyl groups excluding tert-OH is 1. The molecule has 1 atom stereocenters. The second-order valence-corrected chi connectivity index (χ2v) is 10.9. The summed E-state index contributed by atoms with van der Waals surface area (Å²) in [4.78, 5) is 25.2. The van der Waals surface area contributed by atoms with Crippen LogP contribution in [0.25, 0.3) is 5.57 Å². The van der Waals surface area contributed by atoms with Gasteiger partial charge in [0.2, 0.25) is 0 Å². The number of hydrogen-bond donors (Lipinski definition) is 1. The van der Waals surface area contributed by atoms with Gasteiger partial charge in [-0.05, 0) is 81.5 Å². The van der Waals surface area contributed by atoms with Gasteiger partial charge in [-0.3, -0.25) is 14.3 Å². The molecule has 1 saturated heterocycles. The van der Waals surface area contributed by atoms with E-state index in [1.165, 1.54) is 39.1 Å². The lowest BCUT2D eigenvalue weighted by atomic mass is 9.88. The minimum absolute atomic E-state index is 0.0362. The van der Waals surface area contributed by atoms with E-state index in [1.54, 1.807) is 4.57 Å². The molecule has 2 aromatic heterocycles. The highest BCUT2D eigenvalue weighted by Crippen LogP contribution is 2.38. The maximum Gasteiger partial charge on any atom is 0.257 e. The predicted octanol–water partition coefficient (Wildman–Crippen LogP) is 4.32. The van der Waals surface area contributed by atoms with Gasteiger partial charge in [-0.1, -0.05) is 35.4 Å². The van der Waals surface area contributed by atoms with Crippen molar-refractivity contribution in [1.29, 1.82) is 0 Å². The van der Waals surface area contributed by atoms with Crippen molar-refractivity contribution < 1.29 is 5.11 Å². The molecule has 1 N–H and O–H groups in total. The van der Waals surface area contributed by atoms with E-state index in [-0.39, 0.29) is 5.56 Å². The summed E-state index contributed by atoms with van der Waals surface area (Å²) in [7, 11) is 0. The Morgan fingerprint density at radius 1 is 1.03 bits per heavy atom. The number of piperidine rings is 1. The van der Waals surface area contributed by atoms with Crippen LogP contribution in [0.15, 0.2) is 46.9 Å². The van der Waals surface area contributed by atoms with Crippen LogP contribution in [-0.4, -0.2) is 44.2 Å². The van der Waals surface area contributed by atoms with Gasteiger partial charge in [0.25, 0.3) is 5.56 Å². The van der Waals surface area contributed by atoms with Crippen molar-refractivity contribution in [2.24, 2.45) is 0 Å². The average molecular weight is 497 g/mol. The van der Waals surface area contributed by atoms with Crippen LogP contribution in [0.3, 0.4) is 0 Å². The fraction of sp³-hybridized carbons (Fsp3) is 0.452. The van der Waals surface area contributed by atoms with Crippen molar-refractivity contribution in [2.75, 3.05) is 19.6 Å². The van der Waals surface area contributed by atoms with Crippen LogP contribution in [0.1, 0.15) is 76.8 Å². The highest BCUT2D eigenvalue weighted by Gasteiger charge is 2.26. The maximum atomic E-state index is 13.2. The van der Waals surface area contributed by atoms with E-state index in [0.717, 1.165) is 63.0 Å². The number of fused-ring (bicyclic) bond motifs is 3. The molecule has 1 unspecified atom stereocenters. The molecule has 2 aliphatic heterocycles. The number of likely N-dealkylation sites (tertiary alicyclic amines) is 1. The van der Waals surface area contributed by atoms with Crippen LogP contribution in [0.2, 0.25) is 0 Å². The lowest BCUT2D eigenvalue weighted by Gasteiger charge is -2.30. The number of aryl methyl sites for hydroxylation is 4. The van der Waals surface area contributed by atoms with Crippen LogP contribution in [-0.2, 0) is 25.8 Å². The zero-order valence-corrected chi connectivity index (χ0v) is 22.0. The molecule has 0 radical (unpaired) electrons. The van der Waals surface area contributed by atoms with Crippen LogP contribution < -0.4 is 5.56 Å². The first-order chi connectivity index (χ1) is 18.0. The van der Waals surface area contributed by atoms with Crippen LogP contribution in [0.5, 0.6) is 0 Å². The summed E-state index contributed by atoms with van der Waals surface area (Å²) in [5.41, 5.74) is 11.1. The largest absolute Gasteiger partial charge is 0.385 e. The van der Waals surface area contributed by atoms with Gasteiger partial charge in [-0.25, -0.2) is 4.98 Å². The van der Waals surface area contributed by atoms with E-state index in [2.05, 4.69) is 47.1 Å². The molecule has 0 bridgehead atoms. The fourth-order valence-corrected chi connectivity index (χ4v) is 6.41. The number of aliphatic hydroxyl groups is 1. The Morgan fingerprint density at radius 3 is 2.68 bits per heavy atom. The Hall–Kier alpha value is -3.09. The number of aromatic nitrogens is 3. The van der Waals surface area contributed by atoms with Gasteiger partial charge in [0.1, 0.15) is 11.9 Å². The molecule has 3 aromatic rings. The Kier molecular flexibility index (Phi) is 6.55. The third-order valence-corrected chi connectivity index (χ3v) is 8.47. The minimum atomic E-state index is -0.625. The third kappa shape index (κ3) is 4.57. The Labute approximate surface area is 218 Å². The standard InChI is InChI=1S/C31H36N4O2/c1-20-7-10-26-24(19-20)9-8-23-5-3-14-32-29(23)28(26)22-11-16-34(17-12-22)18-13-25-21(2)33-30-27(36)6-4-15-35(30)31(25)37/h3,5,7,10,14,19,27,36H,4,6,8-9,11-13,15-18H2,1-2H3. The number of nitrogens with zero attached hydrogens (tertiary/aromatic N) is 4. The van der Waals surface area contributed by atoms with E-state index >= 15 is 0 Å². The smallest absolute Gasteiger partial charge is 0.257 e. The zero-order chi connectivity index (χ0) is 25.5. The third-order valence-electron chi connectivity index (χ3n) is 8.47. The van der Waals surface area contributed by atoms with Gasteiger partial charge >= 0.3 is 0 Å². The number of hydrogen-bond acceptors (Lipinski definition) is 5. The van der Waals surface area contributed by atoms with Crippen LogP contribution in [0, 0.1) is 13.8 Å². The summed E-state index contributed by atoms with van der Waals surface area (Å²) >= 11 is 0. The van der Waals surface area contributed by atoms with Crippen molar-refractivity contribution in [1.82, 2.24) is 19.4 Å². The van der Waals surface area contributed by atoms with E-state index in [9.17, 15) is 9.90 Å². The van der Waals surface area contributed by atoms with Gasteiger partial charge in [0.15, 0.2) is 0 Å². The van der Waals surface area contributed by atoms with Gasteiger partial charge in [0.05, 0.1) is 5.69 Å². The van der Waals surface area contributed by atoms with E-state index < -0.39 is 6.10 Å². The molecule has 1 fully saturated rings. The molecule has 3 aliphatic rings. The predicted molar refractivity (Wildman–Crippen MR) is 146 cm³/mol. The SMILES string of the molecule is Cc1ccc2c(c1)CCc1cccnc1C2=C1CCN(CCc2c(C)nc3n(c2=O)CCCC3O)CC1. The maximum absolute atomic E-state index is 13.2. The first kappa shape index (κ1) is 24.3. The molecule has 37 heavy (non-hydrogen) atoms. The summed E-state index contributed by atoms with van der Waals surface area (Å²) < 4.78 is 1.70. The summed E-state index contributed by atoms with van der Waals surface area (Å²) in [5, 5.41) is 10.3. The molecule has 0 amide bonds. The average Bonchev–Trinajstić information content (AvgIpc) is 3.06. The Morgan fingerprint density at radius 2 is 1.84 bits per heavy atom. The lowest BCUT2D eigenvalue weighted by Crippen LogP contribution is -2.37. The van der Waals surface area contributed by atoms with Gasteiger partial charge in [0, 0.05) is 49.2 Å². The topological polar surface area (TPSA) is 71.2 Å². The highest BCUT2D eigenvalue weighted by molar-refractivity contribution is 5.84. The number of benzene rings is 1. The fourth-order valence-electron chi connectivity index (χ4n) is 6.41. The molecular formula is C31H36N4O2. The second kappa shape index (κ2) is 9.99. The molecule has 6 rings (SSSR count). The van der Waals surface area contributed by atoms with Crippen molar-refractivity contribution in [2.45, 2.75) is 71.4 Å². The van der Waals surface area contributed by atoms with Crippen LogP contribution >= 0.6 is 0 Å². The molecule has 6 heteroatoms. The molecule has 1 aliphatic carbocycles. The first-order valence-electron chi connectivity index (χ1n) is 13.8. The Balaban J connectivity index is 1.23. The monoisotopic (exact) mass is 496 g/mol. The summed E-state index contributed by atoms with van der Waals surface area (Å²) in [5.74, 6) is 0.541. The van der Waals surface area contributed by atoms with E-state index in [0.29, 0.717) is 25.2 Å². The Bertz CT molecular complexity index is 1430. The van der Waals surface area contributed by atoms with Crippen molar-refractivity contribution in [3.63, 3.8) is 0 Å². The first-order valence-corrected chi connectivity index (χ1v) is 13.8. The molecule has 192 valence electrons. The summed E-state index contributed by atoms with van der Waals surface area (Å²) in [6, 6.07) is 11.2. The molecule has 6 nitrogen and oxygen atoms in total. The van der Waals surface area contributed by atoms with Gasteiger partial charge in [-0.15, -0.1) is 0 Å². The van der Waals surface area contributed by atoms with Crippen molar-refractivity contribution in [3.05, 3.63) is 97.5 Å². The second-order valence-electron chi connectivity index (χ2n) is 10.9. The van der Waals surface area contributed by atoms with Crippen LogP contribution in [0.4, 0.5) is 0 Å². The van der Waals surface area contributed by atoms with E-state index in [1.807, 2.05) is 13.1 Å². The highest BCUT2D eigenvalue weighted by atomic mass is 16.3. The van der Waals surface area contributed by atoms with E-state index in [4.69, 9.17) is 4.98 Å².